The molecular weight excluding hydrogens is 319 g/mol. The zero-order valence-corrected chi connectivity index (χ0v) is 15.6. The molecule has 0 saturated heterocycles. The highest BCUT2D eigenvalue weighted by atomic mass is 31.2. The smallest absolute Gasteiger partial charge is 0.462 e. The number of phosphoric acid groups is 1. The summed E-state index contributed by atoms with van der Waals surface area (Å²) in [6, 6.07) is 0. The van der Waals surface area contributed by atoms with Gasteiger partial charge in [-0.3, -0.25) is 0 Å². The van der Waals surface area contributed by atoms with Gasteiger partial charge in [0, 0.05) is 5.57 Å². The second-order valence-electron chi connectivity index (χ2n) is 5.45. The van der Waals surface area contributed by atoms with E-state index in [1.807, 2.05) is 13.0 Å². The molecule has 23 heavy (non-hydrogen) atoms. The molecule has 0 spiro atoms. The van der Waals surface area contributed by atoms with Gasteiger partial charge in [-0.25, -0.2) is 9.36 Å². The molecule has 0 atom stereocenters. The summed E-state index contributed by atoms with van der Waals surface area (Å²) in [5.41, 5.74) is 0.766. The molecule has 0 unspecified atom stereocenters. The Morgan fingerprint density at radius 3 is 1.91 bits per heavy atom. The zero-order chi connectivity index (χ0) is 18.1. The van der Waals surface area contributed by atoms with E-state index >= 15 is 0 Å². The molecule has 0 aliphatic carbocycles. The van der Waals surface area contributed by atoms with Crippen molar-refractivity contribution in [3.63, 3.8) is 0 Å². The monoisotopic (exact) mass is 352 g/mol. The van der Waals surface area contributed by atoms with Gasteiger partial charge in [-0.2, -0.15) is 0 Å². The predicted molar refractivity (Wildman–Crippen MR) is 91.9 cm³/mol. The third kappa shape index (κ3) is 26.5. The van der Waals surface area contributed by atoms with Crippen LogP contribution in [-0.4, -0.2) is 27.3 Å². The molecule has 0 aliphatic rings. The Bertz CT molecular complexity index is 353. The molecule has 0 saturated carbocycles. The number of ether oxygens (including phenoxy) is 1. The van der Waals surface area contributed by atoms with Crippen molar-refractivity contribution < 1.29 is 28.8 Å². The van der Waals surface area contributed by atoms with E-state index in [0.717, 1.165) is 24.8 Å². The average Bonchev–Trinajstić information content (AvgIpc) is 2.44. The van der Waals surface area contributed by atoms with Gasteiger partial charge >= 0.3 is 13.8 Å². The second kappa shape index (κ2) is 16.2. The summed E-state index contributed by atoms with van der Waals surface area (Å²) in [7, 11) is -4.64. The zero-order valence-electron chi connectivity index (χ0n) is 14.7. The van der Waals surface area contributed by atoms with Crippen molar-refractivity contribution in [3.05, 3.63) is 11.6 Å². The van der Waals surface area contributed by atoms with Crippen molar-refractivity contribution in [1.29, 1.82) is 0 Å². The van der Waals surface area contributed by atoms with E-state index in [0.29, 0.717) is 6.61 Å². The van der Waals surface area contributed by atoms with Crippen molar-refractivity contribution in [2.24, 2.45) is 0 Å². The van der Waals surface area contributed by atoms with Gasteiger partial charge in [-0.1, -0.05) is 58.4 Å². The first kappa shape index (κ1) is 24.6. The number of allylic oxidation sites excluding steroid dienone is 1. The summed E-state index contributed by atoms with van der Waals surface area (Å²) in [6.07, 6.45) is 12.6. The van der Waals surface area contributed by atoms with Crippen LogP contribution in [0.15, 0.2) is 11.6 Å². The molecular formula is C16H33O6P. The average molecular weight is 352 g/mol. The van der Waals surface area contributed by atoms with Crippen molar-refractivity contribution in [3.8, 4) is 0 Å². The highest BCUT2D eigenvalue weighted by molar-refractivity contribution is 7.45. The van der Waals surface area contributed by atoms with Crippen molar-refractivity contribution in [1.82, 2.24) is 0 Å². The van der Waals surface area contributed by atoms with E-state index in [2.05, 4.69) is 13.8 Å². The van der Waals surface area contributed by atoms with E-state index in [1.54, 1.807) is 0 Å². The minimum Gasteiger partial charge on any atom is -0.462 e. The number of carbonyl (C=O) groups excluding carboxylic acids is 1. The van der Waals surface area contributed by atoms with Crippen molar-refractivity contribution in [2.75, 3.05) is 6.61 Å². The van der Waals surface area contributed by atoms with Crippen LogP contribution in [0.25, 0.3) is 0 Å². The predicted octanol–water partition coefficient (Wildman–Crippen LogP) is 4.10. The lowest BCUT2D eigenvalue weighted by Gasteiger charge is -2.04. The second-order valence-corrected chi connectivity index (χ2v) is 6.47. The lowest BCUT2D eigenvalue weighted by atomic mass is 10.1. The molecule has 0 aliphatic heterocycles. The molecule has 7 heteroatoms. The number of unbranched alkanes of at least 4 members (excludes halogenated alkanes) is 7. The van der Waals surface area contributed by atoms with Gasteiger partial charge < -0.3 is 19.4 Å². The minimum absolute atomic E-state index is 0.137. The molecule has 0 fully saturated rings. The number of rotatable bonds is 11. The highest BCUT2D eigenvalue weighted by Gasteiger charge is 2.04. The van der Waals surface area contributed by atoms with E-state index < -0.39 is 7.82 Å². The quantitative estimate of drug-likeness (QED) is 0.224. The molecule has 0 bridgehead atoms. The fourth-order valence-electron chi connectivity index (χ4n) is 1.78. The topological polar surface area (TPSA) is 104 Å². The molecule has 138 valence electrons. The summed E-state index contributed by atoms with van der Waals surface area (Å²) < 4.78 is 14.1. The summed E-state index contributed by atoms with van der Waals surface area (Å²) in [5, 5.41) is 0. The van der Waals surface area contributed by atoms with Crippen LogP contribution in [0.3, 0.4) is 0 Å². The lowest BCUT2D eigenvalue weighted by Crippen LogP contribution is -2.07. The first-order chi connectivity index (χ1) is 10.7. The van der Waals surface area contributed by atoms with Crippen LogP contribution in [0, 0.1) is 0 Å². The standard InChI is InChI=1S/C16H30O2.H3O4P/c1-4-6-8-10-11-13-15(3)16(17)18-14-12-9-7-5-2;1-5(2,3)4/h13H,4-12,14H2,1-3H3;(H3,1,2,3,4). The molecule has 0 heterocycles. The van der Waals surface area contributed by atoms with E-state index in [-0.39, 0.29) is 5.97 Å². The summed E-state index contributed by atoms with van der Waals surface area (Å²) >= 11 is 0. The summed E-state index contributed by atoms with van der Waals surface area (Å²) in [6.45, 7) is 6.81. The Labute approximate surface area is 140 Å². The van der Waals surface area contributed by atoms with Crippen LogP contribution >= 0.6 is 7.82 Å². The van der Waals surface area contributed by atoms with Gasteiger partial charge in [0.25, 0.3) is 0 Å². The fourth-order valence-corrected chi connectivity index (χ4v) is 1.78. The number of hydrogen-bond donors (Lipinski definition) is 3. The lowest BCUT2D eigenvalue weighted by molar-refractivity contribution is -0.139. The van der Waals surface area contributed by atoms with Gasteiger partial charge in [-0.15, -0.1) is 0 Å². The fraction of sp³-hybridized carbons (Fsp3) is 0.812. The largest absolute Gasteiger partial charge is 0.466 e. The molecule has 0 aromatic rings. The van der Waals surface area contributed by atoms with E-state index in [4.69, 9.17) is 24.0 Å². The maximum atomic E-state index is 11.6. The first-order valence-corrected chi connectivity index (χ1v) is 9.91. The first-order valence-electron chi connectivity index (χ1n) is 8.34. The molecule has 0 aromatic carbocycles. The summed E-state index contributed by atoms with van der Waals surface area (Å²) in [5.74, 6) is -0.137. The SMILES string of the molecule is CCCCCCC=C(C)C(=O)OCCCCCC.O=P(O)(O)O. The van der Waals surface area contributed by atoms with Crippen LogP contribution < -0.4 is 0 Å². The Morgan fingerprint density at radius 2 is 1.43 bits per heavy atom. The van der Waals surface area contributed by atoms with Gasteiger partial charge in [0.05, 0.1) is 6.61 Å². The third-order valence-corrected chi connectivity index (χ3v) is 3.06. The maximum absolute atomic E-state index is 11.6. The molecule has 3 N–H and O–H groups in total. The normalized spacial score (nSPS) is 11.7. The van der Waals surface area contributed by atoms with Gasteiger partial charge in [0.15, 0.2) is 0 Å². The van der Waals surface area contributed by atoms with Gasteiger partial charge in [0.1, 0.15) is 0 Å². The van der Waals surface area contributed by atoms with Crippen LogP contribution in [0.2, 0.25) is 0 Å². The Kier molecular flexibility index (Phi) is 17.3. The molecule has 6 nitrogen and oxygen atoms in total. The third-order valence-electron chi connectivity index (χ3n) is 3.06. The number of esters is 1. The van der Waals surface area contributed by atoms with Crippen molar-refractivity contribution >= 4 is 13.8 Å². The van der Waals surface area contributed by atoms with Gasteiger partial charge in [-0.05, 0) is 26.2 Å². The number of carbonyl (C=O) groups is 1. The van der Waals surface area contributed by atoms with Crippen LogP contribution in [0.1, 0.15) is 78.6 Å². The molecule has 0 aromatic heterocycles. The number of hydrogen-bond acceptors (Lipinski definition) is 3. The van der Waals surface area contributed by atoms with Crippen molar-refractivity contribution in [2.45, 2.75) is 78.6 Å². The molecule has 0 amide bonds. The maximum Gasteiger partial charge on any atom is 0.466 e. The highest BCUT2D eigenvalue weighted by Crippen LogP contribution is 2.25. The van der Waals surface area contributed by atoms with Gasteiger partial charge in [0.2, 0.25) is 0 Å². The van der Waals surface area contributed by atoms with Crippen LogP contribution in [0.5, 0.6) is 0 Å². The molecule has 0 rings (SSSR count). The molecule has 0 radical (unpaired) electrons. The van der Waals surface area contributed by atoms with E-state index in [9.17, 15) is 4.79 Å². The summed E-state index contributed by atoms with van der Waals surface area (Å²) in [4.78, 5) is 33.2. The van der Waals surface area contributed by atoms with Crippen LogP contribution in [-0.2, 0) is 14.1 Å². The minimum atomic E-state index is -4.64. The van der Waals surface area contributed by atoms with Crippen LogP contribution in [0.4, 0.5) is 0 Å². The Hall–Kier alpha value is -0.680. The Morgan fingerprint density at radius 1 is 0.957 bits per heavy atom. The Balaban J connectivity index is 0. The van der Waals surface area contributed by atoms with E-state index in [1.165, 1.54) is 38.5 Å².